The lowest BCUT2D eigenvalue weighted by Gasteiger charge is -2.08. The Hall–Kier alpha value is -2.09. The summed E-state index contributed by atoms with van der Waals surface area (Å²) < 4.78 is 1.85. The zero-order valence-electron chi connectivity index (χ0n) is 14.0. The molecule has 0 saturated carbocycles. The number of carbonyl (C=O) groups is 1. The van der Waals surface area contributed by atoms with E-state index in [0.29, 0.717) is 26.7 Å². The van der Waals surface area contributed by atoms with Crippen LogP contribution in [0.25, 0.3) is 11.4 Å². The number of hydrogen-bond acceptors (Lipinski definition) is 5. The van der Waals surface area contributed by atoms with E-state index in [1.807, 2.05) is 41.9 Å². The van der Waals surface area contributed by atoms with Crippen LogP contribution in [0.15, 0.2) is 41.6 Å². The van der Waals surface area contributed by atoms with E-state index in [1.54, 1.807) is 13.0 Å². The van der Waals surface area contributed by atoms with Crippen molar-refractivity contribution in [3.63, 3.8) is 0 Å². The number of carbonyl (C=O) groups excluding carboxylic acids is 1. The van der Waals surface area contributed by atoms with Gasteiger partial charge in [-0.1, -0.05) is 65.3 Å². The minimum absolute atomic E-state index is 0.153. The smallest absolute Gasteiger partial charge is 0.236 e. The van der Waals surface area contributed by atoms with Crippen molar-refractivity contribution in [3.8, 4) is 11.4 Å². The fourth-order valence-corrected chi connectivity index (χ4v) is 3.34. The molecule has 2 heterocycles. The van der Waals surface area contributed by atoms with Gasteiger partial charge in [0.25, 0.3) is 0 Å². The van der Waals surface area contributed by atoms with Crippen LogP contribution in [0.3, 0.4) is 0 Å². The largest absolute Gasteiger partial charge is 0.309 e. The predicted octanol–water partition coefficient (Wildman–Crippen LogP) is 4.22. The topological polar surface area (TPSA) is 72.7 Å². The van der Waals surface area contributed by atoms with Crippen molar-refractivity contribution in [3.05, 3.63) is 52.1 Å². The van der Waals surface area contributed by atoms with Crippen LogP contribution in [0.4, 0.5) is 5.82 Å². The second-order valence-electron chi connectivity index (χ2n) is 5.45. The number of halogens is 2. The summed E-state index contributed by atoms with van der Waals surface area (Å²) in [4.78, 5) is 16.4. The molecule has 0 saturated heterocycles. The highest BCUT2D eigenvalue weighted by Gasteiger charge is 2.14. The van der Waals surface area contributed by atoms with Crippen LogP contribution >= 0.6 is 35.0 Å². The van der Waals surface area contributed by atoms with E-state index in [0.717, 1.165) is 11.4 Å². The number of nitrogens with zero attached hydrogens (tertiary/aromatic N) is 4. The lowest BCUT2D eigenvalue weighted by atomic mass is 10.2. The Labute approximate surface area is 164 Å². The van der Waals surface area contributed by atoms with E-state index in [9.17, 15) is 4.79 Å². The van der Waals surface area contributed by atoms with Crippen LogP contribution in [0.1, 0.15) is 5.69 Å². The Kier molecular flexibility index (Phi) is 5.80. The number of pyridine rings is 1. The summed E-state index contributed by atoms with van der Waals surface area (Å²) in [5, 5.41) is 12.4. The van der Waals surface area contributed by atoms with Gasteiger partial charge < -0.3 is 9.88 Å². The summed E-state index contributed by atoms with van der Waals surface area (Å²) in [7, 11) is 1.86. The van der Waals surface area contributed by atoms with E-state index < -0.39 is 0 Å². The molecule has 0 radical (unpaired) electrons. The van der Waals surface area contributed by atoms with Crippen molar-refractivity contribution in [2.75, 3.05) is 11.1 Å². The van der Waals surface area contributed by atoms with Gasteiger partial charge in [-0.15, -0.1) is 10.2 Å². The maximum atomic E-state index is 12.2. The van der Waals surface area contributed by atoms with Gasteiger partial charge >= 0.3 is 0 Å². The molecule has 0 fully saturated rings. The molecule has 0 aliphatic rings. The molecular weight excluding hydrogens is 393 g/mol. The summed E-state index contributed by atoms with van der Waals surface area (Å²) in [6.07, 6.45) is 0. The Morgan fingerprint density at radius 3 is 2.65 bits per heavy atom. The first kappa shape index (κ1) is 18.7. The number of aromatic nitrogens is 4. The summed E-state index contributed by atoms with van der Waals surface area (Å²) >= 11 is 13.3. The van der Waals surface area contributed by atoms with Gasteiger partial charge in [0.2, 0.25) is 5.91 Å². The Morgan fingerprint density at radius 1 is 1.19 bits per heavy atom. The van der Waals surface area contributed by atoms with Crippen molar-refractivity contribution in [2.24, 2.45) is 7.05 Å². The molecule has 1 aromatic carbocycles. The lowest BCUT2D eigenvalue weighted by Crippen LogP contribution is -2.16. The standard InChI is InChI=1S/C17H15Cl2N5OS/c1-10-12(18)8-13(19)15(20-10)21-14(25)9-26-17-23-22-16(24(17)2)11-6-4-3-5-7-11/h3-8H,9H2,1-2H3,(H,20,21,25). The summed E-state index contributed by atoms with van der Waals surface area (Å²) in [6, 6.07) is 11.3. The summed E-state index contributed by atoms with van der Waals surface area (Å²) in [5.74, 6) is 0.949. The van der Waals surface area contributed by atoms with E-state index in [1.165, 1.54) is 11.8 Å². The first-order chi connectivity index (χ1) is 12.5. The zero-order valence-corrected chi connectivity index (χ0v) is 16.4. The maximum absolute atomic E-state index is 12.2. The molecule has 0 aliphatic carbocycles. The van der Waals surface area contributed by atoms with Crippen molar-refractivity contribution in [2.45, 2.75) is 12.1 Å². The van der Waals surface area contributed by atoms with Crippen molar-refractivity contribution >= 4 is 46.7 Å². The molecule has 6 nitrogen and oxygen atoms in total. The number of nitrogens with one attached hydrogen (secondary N) is 1. The molecule has 2 aromatic heterocycles. The van der Waals surface area contributed by atoms with Crippen LogP contribution in [-0.4, -0.2) is 31.4 Å². The fraction of sp³-hybridized carbons (Fsp3) is 0.176. The third-order valence-electron chi connectivity index (χ3n) is 3.56. The third kappa shape index (κ3) is 4.17. The van der Waals surface area contributed by atoms with E-state index in [4.69, 9.17) is 23.2 Å². The minimum atomic E-state index is -0.240. The molecule has 1 amide bonds. The van der Waals surface area contributed by atoms with Gasteiger partial charge in [0.15, 0.2) is 16.8 Å². The number of amides is 1. The number of benzene rings is 1. The SMILES string of the molecule is Cc1nc(NC(=O)CSc2nnc(-c3ccccc3)n2C)c(Cl)cc1Cl. The molecule has 0 spiro atoms. The molecular formula is C17H15Cl2N5OS. The zero-order chi connectivity index (χ0) is 18.7. The number of hydrogen-bond donors (Lipinski definition) is 1. The molecule has 0 aliphatic heterocycles. The molecule has 134 valence electrons. The third-order valence-corrected chi connectivity index (χ3v) is 5.25. The van der Waals surface area contributed by atoms with E-state index in [-0.39, 0.29) is 11.7 Å². The summed E-state index contributed by atoms with van der Waals surface area (Å²) in [5.41, 5.74) is 1.56. The van der Waals surface area contributed by atoms with E-state index >= 15 is 0 Å². The monoisotopic (exact) mass is 407 g/mol. The van der Waals surface area contributed by atoms with Crippen LogP contribution in [0.2, 0.25) is 10.0 Å². The van der Waals surface area contributed by atoms with Crippen LogP contribution in [-0.2, 0) is 11.8 Å². The first-order valence-electron chi connectivity index (χ1n) is 7.66. The van der Waals surface area contributed by atoms with Crippen molar-refractivity contribution < 1.29 is 4.79 Å². The Morgan fingerprint density at radius 2 is 1.92 bits per heavy atom. The number of thioether (sulfide) groups is 1. The Balaban J connectivity index is 1.66. The van der Waals surface area contributed by atoms with Gasteiger partial charge in [0, 0.05) is 12.6 Å². The van der Waals surface area contributed by atoms with Gasteiger partial charge in [0.05, 0.1) is 21.5 Å². The molecule has 3 rings (SSSR count). The van der Waals surface area contributed by atoms with Gasteiger partial charge in [-0.05, 0) is 13.0 Å². The number of anilines is 1. The quantitative estimate of drug-likeness (QED) is 0.640. The molecule has 9 heteroatoms. The fourth-order valence-electron chi connectivity index (χ4n) is 2.22. The number of aryl methyl sites for hydroxylation is 1. The second-order valence-corrected chi connectivity index (χ2v) is 7.21. The predicted molar refractivity (Wildman–Crippen MR) is 105 cm³/mol. The average molecular weight is 408 g/mol. The highest BCUT2D eigenvalue weighted by Crippen LogP contribution is 2.26. The molecule has 0 unspecified atom stereocenters. The molecule has 3 aromatic rings. The summed E-state index contributed by atoms with van der Waals surface area (Å²) in [6.45, 7) is 1.74. The van der Waals surface area contributed by atoms with Crippen molar-refractivity contribution in [1.29, 1.82) is 0 Å². The molecule has 0 bridgehead atoms. The highest BCUT2D eigenvalue weighted by atomic mass is 35.5. The first-order valence-corrected chi connectivity index (χ1v) is 9.40. The minimum Gasteiger partial charge on any atom is -0.309 e. The van der Waals surface area contributed by atoms with Crippen LogP contribution in [0, 0.1) is 6.92 Å². The highest BCUT2D eigenvalue weighted by molar-refractivity contribution is 7.99. The van der Waals surface area contributed by atoms with Gasteiger partial charge in [-0.3, -0.25) is 4.79 Å². The lowest BCUT2D eigenvalue weighted by molar-refractivity contribution is -0.113. The molecule has 1 N–H and O–H groups in total. The van der Waals surface area contributed by atoms with E-state index in [2.05, 4.69) is 20.5 Å². The van der Waals surface area contributed by atoms with Crippen molar-refractivity contribution in [1.82, 2.24) is 19.7 Å². The van der Waals surface area contributed by atoms with Gasteiger partial charge in [-0.2, -0.15) is 0 Å². The van der Waals surface area contributed by atoms with Crippen LogP contribution < -0.4 is 5.32 Å². The normalized spacial score (nSPS) is 10.8. The number of rotatable bonds is 5. The average Bonchev–Trinajstić information content (AvgIpc) is 2.99. The van der Waals surface area contributed by atoms with Gasteiger partial charge in [0.1, 0.15) is 0 Å². The van der Waals surface area contributed by atoms with Crippen LogP contribution in [0.5, 0.6) is 0 Å². The maximum Gasteiger partial charge on any atom is 0.236 e. The second kappa shape index (κ2) is 8.07. The molecule has 26 heavy (non-hydrogen) atoms. The van der Waals surface area contributed by atoms with Gasteiger partial charge in [-0.25, -0.2) is 4.98 Å². The molecule has 0 atom stereocenters. The Bertz CT molecular complexity index is 946.